The molecule has 128 valence electrons. The molecule has 23 heavy (non-hydrogen) atoms. The summed E-state index contributed by atoms with van der Waals surface area (Å²) in [6.45, 7) is 11.9. The Kier molecular flexibility index (Phi) is 5.27. The lowest BCUT2D eigenvalue weighted by Crippen LogP contribution is -2.63. The van der Waals surface area contributed by atoms with E-state index in [0.717, 1.165) is 26.1 Å². The van der Waals surface area contributed by atoms with Crippen molar-refractivity contribution < 1.29 is 4.79 Å². The molecule has 0 aromatic heterocycles. The van der Waals surface area contributed by atoms with Gasteiger partial charge in [0.1, 0.15) is 0 Å². The van der Waals surface area contributed by atoms with Crippen molar-refractivity contribution in [3.8, 4) is 0 Å². The van der Waals surface area contributed by atoms with Crippen molar-refractivity contribution in [1.29, 1.82) is 0 Å². The Morgan fingerprint density at radius 3 is 2.70 bits per heavy atom. The molecule has 1 aromatic rings. The first-order valence-corrected chi connectivity index (χ1v) is 8.27. The molecule has 2 aliphatic heterocycles. The van der Waals surface area contributed by atoms with Gasteiger partial charge < -0.3 is 10.2 Å². The van der Waals surface area contributed by atoms with Crippen LogP contribution in [0.4, 0.5) is 5.69 Å². The highest BCUT2D eigenvalue weighted by molar-refractivity contribution is 5.85. The zero-order valence-corrected chi connectivity index (χ0v) is 15.4. The van der Waals surface area contributed by atoms with Crippen molar-refractivity contribution in [3.63, 3.8) is 0 Å². The number of fused-ring (bicyclic) bond motifs is 1. The number of piperazine rings is 1. The first-order chi connectivity index (χ1) is 10.4. The SMILES string of the molecule is CC(C)N1C(=O)CN(Cc2cccc3c2NCC3)CC1(C)C.Cl. The summed E-state index contributed by atoms with van der Waals surface area (Å²) in [6, 6.07) is 6.78. The van der Waals surface area contributed by atoms with Gasteiger partial charge in [-0.15, -0.1) is 12.4 Å². The van der Waals surface area contributed by atoms with Crippen molar-refractivity contribution in [1.82, 2.24) is 9.80 Å². The highest BCUT2D eigenvalue weighted by Gasteiger charge is 2.39. The number of anilines is 1. The van der Waals surface area contributed by atoms with Gasteiger partial charge in [0.25, 0.3) is 0 Å². The Labute approximate surface area is 145 Å². The van der Waals surface area contributed by atoms with Gasteiger partial charge in [-0.2, -0.15) is 0 Å². The van der Waals surface area contributed by atoms with Crippen molar-refractivity contribution >= 4 is 24.0 Å². The monoisotopic (exact) mass is 337 g/mol. The van der Waals surface area contributed by atoms with Gasteiger partial charge in [-0.1, -0.05) is 18.2 Å². The molecule has 3 rings (SSSR count). The van der Waals surface area contributed by atoms with Gasteiger partial charge in [0.15, 0.2) is 0 Å². The molecule has 1 N–H and O–H groups in total. The van der Waals surface area contributed by atoms with E-state index in [-0.39, 0.29) is 29.9 Å². The van der Waals surface area contributed by atoms with Crippen LogP contribution in [0.5, 0.6) is 0 Å². The second-order valence-electron chi connectivity index (χ2n) is 7.44. The first kappa shape index (κ1) is 18.1. The molecule has 1 aromatic carbocycles. The Bertz CT molecular complexity index is 586. The molecule has 2 heterocycles. The van der Waals surface area contributed by atoms with Crippen LogP contribution in [-0.4, -0.2) is 46.9 Å². The normalized spacial score (nSPS) is 20.2. The molecule has 4 nitrogen and oxygen atoms in total. The molecule has 0 radical (unpaired) electrons. The maximum absolute atomic E-state index is 12.6. The van der Waals surface area contributed by atoms with Crippen LogP contribution in [0.1, 0.15) is 38.8 Å². The molecule has 5 heteroatoms. The predicted octanol–water partition coefficient (Wildman–Crippen LogP) is 2.91. The fourth-order valence-electron chi connectivity index (χ4n) is 4.17. The fourth-order valence-corrected chi connectivity index (χ4v) is 4.17. The minimum atomic E-state index is -0.116. The zero-order valence-electron chi connectivity index (χ0n) is 14.6. The van der Waals surface area contributed by atoms with E-state index in [4.69, 9.17) is 0 Å². The number of para-hydroxylation sites is 1. The van der Waals surface area contributed by atoms with Crippen LogP contribution in [0.3, 0.4) is 0 Å². The molecular weight excluding hydrogens is 310 g/mol. The van der Waals surface area contributed by atoms with E-state index in [0.29, 0.717) is 6.54 Å². The van der Waals surface area contributed by atoms with E-state index in [9.17, 15) is 4.79 Å². The summed E-state index contributed by atoms with van der Waals surface area (Å²) < 4.78 is 0. The predicted molar refractivity (Wildman–Crippen MR) is 97.2 cm³/mol. The summed E-state index contributed by atoms with van der Waals surface area (Å²) in [5, 5.41) is 3.50. The Morgan fingerprint density at radius 2 is 2.04 bits per heavy atom. The number of rotatable bonds is 3. The molecule has 0 unspecified atom stereocenters. The van der Waals surface area contributed by atoms with E-state index in [1.807, 2.05) is 4.90 Å². The molecule has 1 amide bonds. The number of benzene rings is 1. The van der Waals surface area contributed by atoms with E-state index < -0.39 is 0 Å². The molecule has 0 bridgehead atoms. The zero-order chi connectivity index (χ0) is 15.9. The molecule has 1 saturated heterocycles. The molecule has 2 aliphatic rings. The third kappa shape index (κ3) is 3.48. The molecule has 0 spiro atoms. The standard InChI is InChI=1S/C18H27N3O.ClH/c1-13(2)21-16(22)11-20(12-18(21,3)4)10-15-7-5-6-14-8-9-19-17(14)15;/h5-7,13,19H,8-12H2,1-4H3;1H. The van der Waals surface area contributed by atoms with E-state index in [2.05, 4.69) is 56.1 Å². The summed E-state index contributed by atoms with van der Waals surface area (Å²) in [7, 11) is 0. The first-order valence-electron chi connectivity index (χ1n) is 8.27. The number of nitrogens with zero attached hydrogens (tertiary/aromatic N) is 2. The number of carbonyl (C=O) groups is 1. The molecule has 0 aliphatic carbocycles. The van der Waals surface area contributed by atoms with E-state index in [1.165, 1.54) is 16.8 Å². The molecule has 1 fully saturated rings. The maximum atomic E-state index is 12.6. The van der Waals surface area contributed by atoms with Crippen LogP contribution in [0.2, 0.25) is 0 Å². The number of amides is 1. The van der Waals surface area contributed by atoms with Crippen molar-refractivity contribution in [2.24, 2.45) is 0 Å². The third-order valence-electron chi connectivity index (χ3n) is 4.73. The smallest absolute Gasteiger partial charge is 0.237 e. The van der Waals surface area contributed by atoms with Gasteiger partial charge in [0.05, 0.1) is 12.1 Å². The lowest BCUT2D eigenvalue weighted by Gasteiger charge is -2.49. The lowest BCUT2D eigenvalue weighted by atomic mass is 9.95. The topological polar surface area (TPSA) is 35.6 Å². The van der Waals surface area contributed by atoms with Crippen LogP contribution in [0.15, 0.2) is 18.2 Å². The van der Waals surface area contributed by atoms with Crippen LogP contribution in [-0.2, 0) is 17.8 Å². The van der Waals surface area contributed by atoms with Crippen molar-refractivity contribution in [3.05, 3.63) is 29.3 Å². The summed E-state index contributed by atoms with van der Waals surface area (Å²) in [4.78, 5) is 16.9. The maximum Gasteiger partial charge on any atom is 0.237 e. The quantitative estimate of drug-likeness (QED) is 0.921. The number of halogens is 1. The Balaban J connectivity index is 0.00000192. The largest absolute Gasteiger partial charge is 0.384 e. The highest BCUT2D eigenvalue weighted by atomic mass is 35.5. The van der Waals surface area contributed by atoms with Gasteiger partial charge >= 0.3 is 0 Å². The number of hydrogen-bond donors (Lipinski definition) is 1. The van der Waals surface area contributed by atoms with Gasteiger partial charge in [-0.3, -0.25) is 9.69 Å². The van der Waals surface area contributed by atoms with Gasteiger partial charge in [-0.05, 0) is 45.2 Å². The van der Waals surface area contributed by atoms with Crippen LogP contribution in [0.25, 0.3) is 0 Å². The van der Waals surface area contributed by atoms with E-state index >= 15 is 0 Å². The fraction of sp³-hybridized carbons (Fsp3) is 0.611. The summed E-state index contributed by atoms with van der Waals surface area (Å²) in [6.07, 6.45) is 1.11. The summed E-state index contributed by atoms with van der Waals surface area (Å²) in [5.41, 5.74) is 3.90. The third-order valence-corrected chi connectivity index (χ3v) is 4.73. The van der Waals surface area contributed by atoms with Gasteiger partial charge in [0.2, 0.25) is 5.91 Å². The van der Waals surface area contributed by atoms with E-state index in [1.54, 1.807) is 0 Å². The van der Waals surface area contributed by atoms with Crippen LogP contribution in [0, 0.1) is 0 Å². The highest BCUT2D eigenvalue weighted by Crippen LogP contribution is 2.30. The van der Waals surface area contributed by atoms with Gasteiger partial charge in [0, 0.05) is 31.4 Å². The molecular formula is C18H28ClN3O. The molecule has 0 atom stereocenters. The van der Waals surface area contributed by atoms with Crippen LogP contribution < -0.4 is 5.32 Å². The van der Waals surface area contributed by atoms with Crippen LogP contribution >= 0.6 is 12.4 Å². The number of carbonyl (C=O) groups excluding carboxylic acids is 1. The summed E-state index contributed by atoms with van der Waals surface area (Å²) in [5.74, 6) is 0.242. The Hall–Kier alpha value is -1.26. The Morgan fingerprint density at radius 1 is 1.30 bits per heavy atom. The minimum Gasteiger partial charge on any atom is -0.384 e. The average molecular weight is 338 g/mol. The average Bonchev–Trinajstić information content (AvgIpc) is 2.85. The minimum absolute atomic E-state index is 0. The molecule has 0 saturated carbocycles. The lowest BCUT2D eigenvalue weighted by molar-refractivity contribution is -0.148. The van der Waals surface area contributed by atoms with Crippen molar-refractivity contribution in [2.75, 3.05) is 25.0 Å². The number of nitrogens with one attached hydrogen (secondary N) is 1. The number of hydrogen-bond acceptors (Lipinski definition) is 3. The second-order valence-corrected chi connectivity index (χ2v) is 7.44. The second kappa shape index (κ2) is 6.70. The van der Waals surface area contributed by atoms with Crippen molar-refractivity contribution in [2.45, 2.75) is 52.2 Å². The van der Waals surface area contributed by atoms with Gasteiger partial charge in [-0.25, -0.2) is 0 Å². The summed E-state index contributed by atoms with van der Waals surface area (Å²) >= 11 is 0.